The predicted octanol–water partition coefficient (Wildman–Crippen LogP) is 2.55. The van der Waals surface area contributed by atoms with E-state index in [4.69, 9.17) is 4.74 Å². The molecule has 0 saturated carbocycles. The molecule has 0 fully saturated rings. The molecule has 2 heterocycles. The van der Waals surface area contributed by atoms with E-state index >= 15 is 0 Å². The first-order valence-corrected chi connectivity index (χ1v) is 8.36. The van der Waals surface area contributed by atoms with Crippen molar-refractivity contribution >= 4 is 5.91 Å². The maximum atomic E-state index is 13.2. The van der Waals surface area contributed by atoms with Crippen LogP contribution in [-0.4, -0.2) is 33.5 Å². The average Bonchev–Trinajstić information content (AvgIpc) is 3.03. The molecule has 1 N–H and O–H groups in total. The Balaban J connectivity index is 1.55. The third kappa shape index (κ3) is 4.40. The summed E-state index contributed by atoms with van der Waals surface area (Å²) in [6, 6.07) is 7.23. The van der Waals surface area contributed by atoms with E-state index < -0.39 is 24.8 Å². The molecule has 1 aromatic heterocycles. The van der Waals surface area contributed by atoms with Crippen molar-refractivity contribution in [2.45, 2.75) is 44.6 Å². The number of carbonyl (C=O) groups is 1. The van der Waals surface area contributed by atoms with Gasteiger partial charge >= 0.3 is 6.18 Å². The number of ether oxygens (including phenoxy) is 1. The third-order valence-electron chi connectivity index (χ3n) is 4.16. The topological polar surface area (TPSA) is 69.0 Å². The molecule has 0 radical (unpaired) electrons. The maximum absolute atomic E-state index is 13.2. The summed E-state index contributed by atoms with van der Waals surface area (Å²) in [5.74, 6) is 0.838. The number of alkyl halides is 3. The number of fused-ring (bicyclic) bond motifs is 1. The predicted molar refractivity (Wildman–Crippen MR) is 86.0 cm³/mol. The Hall–Kier alpha value is -2.42. The highest BCUT2D eigenvalue weighted by Crippen LogP contribution is 2.35. The van der Waals surface area contributed by atoms with E-state index in [1.54, 1.807) is 6.07 Å². The van der Waals surface area contributed by atoms with E-state index in [2.05, 4.69) is 15.5 Å². The summed E-state index contributed by atoms with van der Waals surface area (Å²) >= 11 is 0. The number of nitrogens with zero attached hydrogens (tertiary/aromatic N) is 3. The average molecular weight is 368 g/mol. The summed E-state index contributed by atoms with van der Waals surface area (Å²) in [5, 5.41) is 10.6. The first-order chi connectivity index (χ1) is 12.4. The lowest BCUT2D eigenvalue weighted by Gasteiger charge is -2.21. The number of nitrogens with one attached hydrogen (secondary N) is 1. The monoisotopic (exact) mass is 368 g/mol. The molecule has 3 rings (SSSR count). The van der Waals surface area contributed by atoms with Crippen molar-refractivity contribution in [3.63, 3.8) is 0 Å². The summed E-state index contributed by atoms with van der Waals surface area (Å²) in [6.07, 6.45) is -3.84. The molecule has 1 aliphatic rings. The SMILES string of the molecule is O=C(CO[C@@H](c1ccccc1)C(F)(F)F)NCc1nnc2n1CCCC2. The Morgan fingerprint density at radius 3 is 2.73 bits per heavy atom. The van der Waals surface area contributed by atoms with Gasteiger partial charge in [0.15, 0.2) is 11.9 Å². The van der Waals surface area contributed by atoms with Crippen LogP contribution in [0.25, 0.3) is 0 Å². The Kier molecular flexibility index (Phi) is 5.55. The molecule has 0 bridgehead atoms. The zero-order valence-corrected chi connectivity index (χ0v) is 14.0. The number of hydrogen-bond donors (Lipinski definition) is 1. The van der Waals surface area contributed by atoms with Gasteiger partial charge in [-0.3, -0.25) is 4.79 Å². The number of aryl methyl sites for hydroxylation is 1. The van der Waals surface area contributed by atoms with Gasteiger partial charge in [-0.1, -0.05) is 30.3 Å². The van der Waals surface area contributed by atoms with Crippen LogP contribution in [0.2, 0.25) is 0 Å². The van der Waals surface area contributed by atoms with Gasteiger partial charge in [0.1, 0.15) is 12.4 Å². The minimum Gasteiger partial charge on any atom is -0.354 e. The molecule has 1 atom stereocenters. The van der Waals surface area contributed by atoms with Gasteiger partial charge in [0.25, 0.3) is 0 Å². The van der Waals surface area contributed by atoms with Crippen LogP contribution in [0.4, 0.5) is 13.2 Å². The van der Waals surface area contributed by atoms with Gasteiger partial charge in [0.2, 0.25) is 5.91 Å². The molecule has 1 amide bonds. The minimum absolute atomic E-state index is 0.0423. The lowest BCUT2D eigenvalue weighted by atomic mass is 10.1. The Labute approximate surface area is 148 Å². The number of halogens is 3. The molecule has 6 nitrogen and oxygen atoms in total. The van der Waals surface area contributed by atoms with Gasteiger partial charge in [-0.15, -0.1) is 10.2 Å². The number of hydrogen-bond acceptors (Lipinski definition) is 4. The summed E-state index contributed by atoms with van der Waals surface area (Å²) in [7, 11) is 0. The van der Waals surface area contributed by atoms with E-state index in [1.165, 1.54) is 24.3 Å². The second-order valence-corrected chi connectivity index (χ2v) is 6.06. The fourth-order valence-corrected chi connectivity index (χ4v) is 2.89. The molecule has 2 aromatic rings. The van der Waals surface area contributed by atoms with E-state index in [0.717, 1.165) is 31.6 Å². The summed E-state index contributed by atoms with van der Waals surface area (Å²) in [6.45, 7) is 0.200. The van der Waals surface area contributed by atoms with Crippen LogP contribution >= 0.6 is 0 Å². The first-order valence-electron chi connectivity index (χ1n) is 8.36. The number of amides is 1. The second-order valence-electron chi connectivity index (χ2n) is 6.06. The summed E-state index contributed by atoms with van der Waals surface area (Å²) in [5.41, 5.74) is -0.0423. The second kappa shape index (κ2) is 7.86. The van der Waals surface area contributed by atoms with Crippen molar-refractivity contribution in [1.82, 2.24) is 20.1 Å². The maximum Gasteiger partial charge on any atom is 0.418 e. The normalized spacial score (nSPS) is 15.3. The molecule has 1 aliphatic heterocycles. The zero-order valence-electron chi connectivity index (χ0n) is 14.0. The van der Waals surface area contributed by atoms with Crippen LogP contribution in [0.1, 0.15) is 36.2 Å². The first kappa shape index (κ1) is 18.4. The zero-order chi connectivity index (χ0) is 18.6. The molecule has 140 valence electrons. The van der Waals surface area contributed by atoms with Crippen molar-refractivity contribution in [3.8, 4) is 0 Å². The van der Waals surface area contributed by atoms with Crippen molar-refractivity contribution < 1.29 is 22.7 Å². The highest BCUT2D eigenvalue weighted by Gasteiger charge is 2.42. The van der Waals surface area contributed by atoms with Gasteiger partial charge in [-0.25, -0.2) is 0 Å². The molecule has 26 heavy (non-hydrogen) atoms. The van der Waals surface area contributed by atoms with Crippen molar-refractivity contribution in [1.29, 1.82) is 0 Å². The van der Waals surface area contributed by atoms with Crippen LogP contribution in [0.5, 0.6) is 0 Å². The lowest BCUT2D eigenvalue weighted by molar-refractivity contribution is -0.223. The van der Waals surface area contributed by atoms with Crippen LogP contribution in [-0.2, 0) is 29.0 Å². The van der Waals surface area contributed by atoms with Crippen molar-refractivity contribution in [2.75, 3.05) is 6.61 Å². The van der Waals surface area contributed by atoms with Crippen LogP contribution in [0.3, 0.4) is 0 Å². The van der Waals surface area contributed by atoms with Crippen molar-refractivity contribution in [3.05, 3.63) is 47.5 Å². The Bertz CT molecular complexity index is 746. The quantitative estimate of drug-likeness (QED) is 0.851. The Morgan fingerprint density at radius 2 is 2.00 bits per heavy atom. The fraction of sp³-hybridized carbons (Fsp3) is 0.471. The number of benzene rings is 1. The van der Waals surface area contributed by atoms with Crippen LogP contribution < -0.4 is 5.32 Å². The minimum atomic E-state index is -4.60. The van der Waals surface area contributed by atoms with Gasteiger partial charge in [-0.05, 0) is 18.4 Å². The highest BCUT2D eigenvalue weighted by molar-refractivity contribution is 5.77. The van der Waals surface area contributed by atoms with E-state index in [1.807, 2.05) is 4.57 Å². The highest BCUT2D eigenvalue weighted by atomic mass is 19.4. The smallest absolute Gasteiger partial charge is 0.354 e. The molecule has 1 aromatic carbocycles. The van der Waals surface area contributed by atoms with E-state index in [-0.39, 0.29) is 12.1 Å². The van der Waals surface area contributed by atoms with Gasteiger partial charge in [0, 0.05) is 13.0 Å². The molecule has 0 saturated heterocycles. The molecular weight excluding hydrogens is 349 g/mol. The fourth-order valence-electron chi connectivity index (χ4n) is 2.89. The number of rotatable bonds is 6. The van der Waals surface area contributed by atoms with E-state index in [9.17, 15) is 18.0 Å². The number of carbonyl (C=O) groups excluding carboxylic acids is 1. The summed E-state index contributed by atoms with van der Waals surface area (Å²) in [4.78, 5) is 11.9. The third-order valence-corrected chi connectivity index (χ3v) is 4.16. The van der Waals surface area contributed by atoms with Gasteiger partial charge < -0.3 is 14.6 Å². The molecule has 0 unspecified atom stereocenters. The Morgan fingerprint density at radius 1 is 1.23 bits per heavy atom. The van der Waals surface area contributed by atoms with Gasteiger partial charge in [-0.2, -0.15) is 13.2 Å². The van der Waals surface area contributed by atoms with E-state index in [0.29, 0.717) is 5.82 Å². The standard InChI is InChI=1S/C17H19F3N4O2/c18-17(19,20)16(12-6-2-1-3-7-12)26-11-15(25)21-10-14-23-22-13-8-4-5-9-24(13)14/h1-3,6-7,16H,4-5,8-11H2,(H,21,25)/t16-/m0/s1. The molecule has 0 aliphatic carbocycles. The molecular formula is C17H19F3N4O2. The summed E-state index contributed by atoms with van der Waals surface area (Å²) < 4.78 is 46.3. The molecule has 9 heteroatoms. The van der Waals surface area contributed by atoms with Crippen LogP contribution in [0.15, 0.2) is 30.3 Å². The largest absolute Gasteiger partial charge is 0.418 e. The number of aromatic nitrogens is 3. The van der Waals surface area contributed by atoms with Crippen LogP contribution in [0, 0.1) is 0 Å². The van der Waals surface area contributed by atoms with Gasteiger partial charge in [0.05, 0.1) is 6.54 Å². The lowest BCUT2D eigenvalue weighted by Crippen LogP contribution is -2.32. The molecule has 0 spiro atoms. The van der Waals surface area contributed by atoms with Crippen molar-refractivity contribution in [2.24, 2.45) is 0 Å².